The fraction of sp³-hybridized carbons (Fsp3) is 0.400. The van der Waals surface area contributed by atoms with Crippen molar-refractivity contribution in [3.05, 3.63) is 41.2 Å². The summed E-state index contributed by atoms with van der Waals surface area (Å²) in [6, 6.07) is 5.40. The summed E-state index contributed by atoms with van der Waals surface area (Å²) >= 11 is 0. The van der Waals surface area contributed by atoms with Crippen molar-refractivity contribution >= 4 is 0 Å². The van der Waals surface area contributed by atoms with Gasteiger partial charge in [-0.15, -0.1) is 0 Å². The van der Waals surface area contributed by atoms with Crippen LogP contribution in [0.5, 0.6) is 11.5 Å². The molecule has 0 bridgehead atoms. The molecule has 1 heterocycles. The second-order valence-electron chi connectivity index (χ2n) is 4.91. The molecule has 108 valence electrons. The maximum Gasteiger partial charge on any atom is 0.124 e. The highest BCUT2D eigenvalue weighted by Gasteiger charge is 2.12. The van der Waals surface area contributed by atoms with Crippen molar-refractivity contribution in [3.8, 4) is 11.5 Å². The SMILES string of the molecule is COc1ccc(C(C)NCc2cnn(C)c2C)c(O)c1. The third kappa shape index (κ3) is 2.93. The van der Waals surface area contributed by atoms with Gasteiger partial charge in [0.15, 0.2) is 0 Å². The molecule has 2 aromatic rings. The minimum atomic E-state index is 0.0421. The number of hydrogen-bond donors (Lipinski definition) is 2. The first-order valence-corrected chi connectivity index (χ1v) is 6.60. The Balaban J connectivity index is 2.05. The van der Waals surface area contributed by atoms with Crippen LogP contribution >= 0.6 is 0 Å². The lowest BCUT2D eigenvalue weighted by Gasteiger charge is -2.16. The molecule has 1 atom stereocenters. The van der Waals surface area contributed by atoms with Gasteiger partial charge in [-0.25, -0.2) is 0 Å². The Labute approximate surface area is 119 Å². The number of hydrogen-bond acceptors (Lipinski definition) is 4. The fourth-order valence-electron chi connectivity index (χ4n) is 2.11. The highest BCUT2D eigenvalue weighted by Crippen LogP contribution is 2.28. The van der Waals surface area contributed by atoms with Gasteiger partial charge in [0.2, 0.25) is 0 Å². The van der Waals surface area contributed by atoms with E-state index in [0.29, 0.717) is 12.3 Å². The molecular formula is C15H21N3O2. The van der Waals surface area contributed by atoms with Gasteiger partial charge in [0, 0.05) is 42.5 Å². The quantitative estimate of drug-likeness (QED) is 0.879. The van der Waals surface area contributed by atoms with E-state index in [1.165, 1.54) is 0 Å². The molecule has 1 unspecified atom stereocenters. The molecule has 0 aliphatic heterocycles. The van der Waals surface area contributed by atoms with Crippen LogP contribution in [-0.4, -0.2) is 22.0 Å². The van der Waals surface area contributed by atoms with Crippen LogP contribution in [0.25, 0.3) is 0 Å². The first-order chi connectivity index (χ1) is 9.52. The van der Waals surface area contributed by atoms with Gasteiger partial charge < -0.3 is 15.2 Å². The van der Waals surface area contributed by atoms with Gasteiger partial charge in [0.25, 0.3) is 0 Å². The van der Waals surface area contributed by atoms with Crippen LogP contribution in [0, 0.1) is 6.92 Å². The third-order valence-corrected chi connectivity index (χ3v) is 3.64. The predicted octanol–water partition coefficient (Wildman–Crippen LogP) is 2.29. The Kier molecular flexibility index (Phi) is 4.29. The van der Waals surface area contributed by atoms with Crippen molar-refractivity contribution in [2.24, 2.45) is 7.05 Å². The van der Waals surface area contributed by atoms with E-state index < -0.39 is 0 Å². The molecular weight excluding hydrogens is 254 g/mol. The second kappa shape index (κ2) is 5.96. The number of nitrogens with one attached hydrogen (secondary N) is 1. The van der Waals surface area contributed by atoms with Crippen LogP contribution in [0.4, 0.5) is 0 Å². The van der Waals surface area contributed by atoms with Crippen LogP contribution in [0.1, 0.15) is 29.8 Å². The van der Waals surface area contributed by atoms with Gasteiger partial charge in [-0.05, 0) is 19.9 Å². The van der Waals surface area contributed by atoms with Gasteiger partial charge in [-0.3, -0.25) is 4.68 Å². The van der Waals surface area contributed by atoms with E-state index in [4.69, 9.17) is 4.74 Å². The normalized spacial score (nSPS) is 12.4. The number of nitrogens with zero attached hydrogens (tertiary/aromatic N) is 2. The van der Waals surface area contributed by atoms with Crippen molar-refractivity contribution < 1.29 is 9.84 Å². The summed E-state index contributed by atoms with van der Waals surface area (Å²) in [4.78, 5) is 0. The Morgan fingerprint density at radius 1 is 1.45 bits per heavy atom. The van der Waals surface area contributed by atoms with Gasteiger partial charge in [0.05, 0.1) is 13.3 Å². The largest absolute Gasteiger partial charge is 0.507 e. The smallest absolute Gasteiger partial charge is 0.124 e. The van der Waals surface area contributed by atoms with E-state index in [1.54, 1.807) is 13.2 Å². The maximum atomic E-state index is 10.0. The summed E-state index contributed by atoms with van der Waals surface area (Å²) in [7, 11) is 3.51. The standard InChI is InChI=1S/C15H21N3O2/c1-10(14-6-5-13(20-4)7-15(14)19)16-8-12-9-17-18(3)11(12)2/h5-7,9-10,16,19H,8H2,1-4H3. The zero-order valence-electron chi connectivity index (χ0n) is 12.3. The molecule has 0 aliphatic carbocycles. The van der Waals surface area contributed by atoms with E-state index >= 15 is 0 Å². The lowest BCUT2D eigenvalue weighted by molar-refractivity contribution is 0.404. The number of rotatable bonds is 5. The molecule has 5 heteroatoms. The summed E-state index contributed by atoms with van der Waals surface area (Å²) in [5.74, 6) is 0.897. The van der Waals surface area contributed by atoms with Crippen LogP contribution < -0.4 is 10.1 Å². The van der Waals surface area contributed by atoms with Crippen molar-refractivity contribution in [1.82, 2.24) is 15.1 Å². The molecule has 2 N–H and O–H groups in total. The number of phenolic OH excluding ortho intramolecular Hbond substituents is 1. The highest BCUT2D eigenvalue weighted by molar-refractivity contribution is 5.41. The highest BCUT2D eigenvalue weighted by atomic mass is 16.5. The summed E-state index contributed by atoms with van der Waals surface area (Å²) in [5, 5.41) is 17.6. The van der Waals surface area contributed by atoms with E-state index in [1.807, 2.05) is 43.9 Å². The zero-order valence-corrected chi connectivity index (χ0v) is 12.3. The monoisotopic (exact) mass is 275 g/mol. The van der Waals surface area contributed by atoms with Crippen LogP contribution in [0.3, 0.4) is 0 Å². The number of benzene rings is 1. The van der Waals surface area contributed by atoms with E-state index in [9.17, 15) is 5.11 Å². The predicted molar refractivity (Wildman–Crippen MR) is 77.9 cm³/mol. The summed E-state index contributed by atoms with van der Waals surface area (Å²) in [6.07, 6.45) is 1.86. The summed E-state index contributed by atoms with van der Waals surface area (Å²) < 4.78 is 6.94. The average molecular weight is 275 g/mol. The molecule has 0 radical (unpaired) electrons. The minimum Gasteiger partial charge on any atom is -0.507 e. The molecule has 0 amide bonds. The molecule has 0 aliphatic rings. The maximum absolute atomic E-state index is 10.0. The van der Waals surface area contributed by atoms with Crippen molar-refractivity contribution in [1.29, 1.82) is 0 Å². The molecule has 0 saturated carbocycles. The Bertz CT molecular complexity index is 593. The van der Waals surface area contributed by atoms with Crippen LogP contribution in [0.15, 0.2) is 24.4 Å². The third-order valence-electron chi connectivity index (χ3n) is 3.64. The van der Waals surface area contributed by atoms with Gasteiger partial charge >= 0.3 is 0 Å². The summed E-state index contributed by atoms with van der Waals surface area (Å²) in [5.41, 5.74) is 3.16. The van der Waals surface area contributed by atoms with Crippen molar-refractivity contribution in [2.75, 3.05) is 7.11 Å². The number of phenols is 1. The molecule has 5 nitrogen and oxygen atoms in total. The Morgan fingerprint density at radius 3 is 2.75 bits per heavy atom. The van der Waals surface area contributed by atoms with Crippen molar-refractivity contribution in [2.45, 2.75) is 26.4 Å². The Morgan fingerprint density at radius 2 is 2.20 bits per heavy atom. The molecule has 1 aromatic heterocycles. The number of aromatic nitrogens is 2. The number of aryl methyl sites for hydroxylation is 1. The van der Waals surface area contributed by atoms with E-state index in [-0.39, 0.29) is 11.8 Å². The lowest BCUT2D eigenvalue weighted by atomic mass is 10.1. The van der Waals surface area contributed by atoms with Crippen molar-refractivity contribution in [3.63, 3.8) is 0 Å². The molecule has 1 aromatic carbocycles. The lowest BCUT2D eigenvalue weighted by Crippen LogP contribution is -2.18. The molecule has 2 rings (SSSR count). The van der Waals surface area contributed by atoms with Crippen LogP contribution in [0.2, 0.25) is 0 Å². The number of aromatic hydroxyl groups is 1. The first kappa shape index (κ1) is 14.4. The second-order valence-corrected chi connectivity index (χ2v) is 4.91. The molecule has 0 saturated heterocycles. The zero-order chi connectivity index (χ0) is 14.7. The Hall–Kier alpha value is -2.01. The first-order valence-electron chi connectivity index (χ1n) is 6.60. The number of methoxy groups -OCH3 is 1. The van der Waals surface area contributed by atoms with Gasteiger partial charge in [-0.1, -0.05) is 6.07 Å². The molecule has 20 heavy (non-hydrogen) atoms. The van der Waals surface area contributed by atoms with Crippen LogP contribution in [-0.2, 0) is 13.6 Å². The fourth-order valence-corrected chi connectivity index (χ4v) is 2.11. The van der Waals surface area contributed by atoms with Gasteiger partial charge in [-0.2, -0.15) is 5.10 Å². The number of ether oxygens (including phenoxy) is 1. The van der Waals surface area contributed by atoms with E-state index in [0.717, 1.165) is 16.8 Å². The average Bonchev–Trinajstić information content (AvgIpc) is 2.76. The van der Waals surface area contributed by atoms with E-state index in [2.05, 4.69) is 10.4 Å². The van der Waals surface area contributed by atoms with Gasteiger partial charge in [0.1, 0.15) is 11.5 Å². The summed E-state index contributed by atoms with van der Waals surface area (Å²) in [6.45, 7) is 4.78. The molecule has 0 spiro atoms. The topological polar surface area (TPSA) is 59.3 Å². The molecule has 0 fully saturated rings. The minimum absolute atomic E-state index is 0.0421.